The molecule has 0 bridgehead atoms. The number of benzene rings is 1. The summed E-state index contributed by atoms with van der Waals surface area (Å²) < 4.78 is 1.75. The van der Waals surface area contributed by atoms with Gasteiger partial charge in [-0.1, -0.05) is 18.2 Å². The average Bonchev–Trinajstić information content (AvgIpc) is 3.01. The van der Waals surface area contributed by atoms with Crippen LogP contribution in [0.5, 0.6) is 0 Å². The van der Waals surface area contributed by atoms with Crippen molar-refractivity contribution in [2.24, 2.45) is 0 Å². The molecule has 1 aliphatic heterocycles. The highest BCUT2D eigenvalue weighted by atomic mass is 16.4. The SMILES string of the molecule is CCn1cc(C(=O)N2CCCN(Cc3ccccc3C(=O)O)CC2)cn1. The Hall–Kier alpha value is -2.67. The molecule has 1 amide bonds. The van der Waals surface area contributed by atoms with Crippen LogP contribution in [0, 0.1) is 0 Å². The lowest BCUT2D eigenvalue weighted by atomic mass is 10.1. The first-order valence-electron chi connectivity index (χ1n) is 8.93. The van der Waals surface area contributed by atoms with Crippen molar-refractivity contribution in [2.75, 3.05) is 26.2 Å². The van der Waals surface area contributed by atoms with Crippen LogP contribution in [-0.4, -0.2) is 62.7 Å². The van der Waals surface area contributed by atoms with Crippen LogP contribution in [0.2, 0.25) is 0 Å². The third-order valence-corrected chi connectivity index (χ3v) is 4.72. The summed E-state index contributed by atoms with van der Waals surface area (Å²) in [5.74, 6) is -0.891. The Bertz CT molecular complexity index is 787. The maximum Gasteiger partial charge on any atom is 0.336 e. The normalized spacial score (nSPS) is 15.7. The van der Waals surface area contributed by atoms with E-state index in [1.165, 1.54) is 0 Å². The number of aromatic carboxylic acids is 1. The summed E-state index contributed by atoms with van der Waals surface area (Å²) in [6.07, 6.45) is 4.27. The molecule has 138 valence electrons. The van der Waals surface area contributed by atoms with E-state index in [0.717, 1.165) is 31.6 Å². The van der Waals surface area contributed by atoms with E-state index in [1.54, 1.807) is 29.2 Å². The lowest BCUT2D eigenvalue weighted by Crippen LogP contribution is -2.35. The molecule has 0 atom stereocenters. The summed E-state index contributed by atoms with van der Waals surface area (Å²) in [5, 5.41) is 13.5. The predicted molar refractivity (Wildman–Crippen MR) is 97.1 cm³/mol. The number of amides is 1. The van der Waals surface area contributed by atoms with Gasteiger partial charge in [-0.15, -0.1) is 0 Å². The third kappa shape index (κ3) is 4.11. The van der Waals surface area contributed by atoms with Crippen molar-refractivity contribution in [3.63, 3.8) is 0 Å². The van der Waals surface area contributed by atoms with Gasteiger partial charge in [0, 0.05) is 45.5 Å². The summed E-state index contributed by atoms with van der Waals surface area (Å²) in [4.78, 5) is 28.1. The molecule has 1 saturated heterocycles. The van der Waals surface area contributed by atoms with E-state index >= 15 is 0 Å². The zero-order valence-corrected chi connectivity index (χ0v) is 15.0. The van der Waals surface area contributed by atoms with Crippen LogP contribution in [0.15, 0.2) is 36.7 Å². The number of hydrogen-bond acceptors (Lipinski definition) is 4. The van der Waals surface area contributed by atoms with Crippen LogP contribution in [-0.2, 0) is 13.1 Å². The number of nitrogens with zero attached hydrogens (tertiary/aromatic N) is 4. The van der Waals surface area contributed by atoms with Crippen molar-refractivity contribution >= 4 is 11.9 Å². The van der Waals surface area contributed by atoms with E-state index in [2.05, 4.69) is 10.00 Å². The van der Waals surface area contributed by atoms with Gasteiger partial charge in [-0.2, -0.15) is 5.10 Å². The molecule has 1 fully saturated rings. The third-order valence-electron chi connectivity index (χ3n) is 4.72. The van der Waals surface area contributed by atoms with E-state index in [0.29, 0.717) is 30.8 Å². The summed E-state index contributed by atoms with van der Waals surface area (Å²) in [7, 11) is 0. The molecule has 0 spiro atoms. The largest absolute Gasteiger partial charge is 0.478 e. The van der Waals surface area contributed by atoms with Gasteiger partial charge in [-0.05, 0) is 25.0 Å². The Morgan fingerprint density at radius 3 is 2.69 bits per heavy atom. The molecule has 1 aromatic carbocycles. The number of aryl methyl sites for hydroxylation is 1. The van der Waals surface area contributed by atoms with Crippen LogP contribution in [0.4, 0.5) is 0 Å². The quantitative estimate of drug-likeness (QED) is 0.886. The summed E-state index contributed by atoms with van der Waals surface area (Å²) >= 11 is 0. The molecule has 1 N–H and O–H groups in total. The Balaban J connectivity index is 1.63. The van der Waals surface area contributed by atoms with Crippen molar-refractivity contribution in [1.82, 2.24) is 19.6 Å². The summed E-state index contributed by atoms with van der Waals surface area (Å²) in [5.41, 5.74) is 1.78. The lowest BCUT2D eigenvalue weighted by Gasteiger charge is -2.22. The molecule has 26 heavy (non-hydrogen) atoms. The molecule has 0 unspecified atom stereocenters. The van der Waals surface area contributed by atoms with E-state index in [1.807, 2.05) is 24.0 Å². The van der Waals surface area contributed by atoms with Gasteiger partial charge < -0.3 is 10.0 Å². The van der Waals surface area contributed by atoms with Gasteiger partial charge in [-0.25, -0.2) is 4.79 Å². The maximum atomic E-state index is 12.7. The second-order valence-corrected chi connectivity index (χ2v) is 6.47. The first-order chi connectivity index (χ1) is 12.6. The summed E-state index contributed by atoms with van der Waals surface area (Å²) in [6.45, 7) is 6.20. The number of carbonyl (C=O) groups is 2. The number of hydrogen-bond donors (Lipinski definition) is 1. The topological polar surface area (TPSA) is 78.7 Å². The molecule has 1 aliphatic rings. The minimum absolute atomic E-state index is 0.0116. The Morgan fingerprint density at radius 2 is 1.96 bits per heavy atom. The minimum atomic E-state index is -0.903. The fraction of sp³-hybridized carbons (Fsp3) is 0.421. The second-order valence-electron chi connectivity index (χ2n) is 6.47. The first-order valence-corrected chi connectivity index (χ1v) is 8.93. The fourth-order valence-corrected chi connectivity index (χ4v) is 3.27. The van der Waals surface area contributed by atoms with Crippen LogP contribution >= 0.6 is 0 Å². The van der Waals surface area contributed by atoms with E-state index < -0.39 is 5.97 Å². The van der Waals surface area contributed by atoms with E-state index in [-0.39, 0.29) is 5.91 Å². The van der Waals surface area contributed by atoms with Crippen LogP contribution < -0.4 is 0 Å². The molecular weight excluding hydrogens is 332 g/mol. The Morgan fingerprint density at radius 1 is 1.15 bits per heavy atom. The highest BCUT2D eigenvalue weighted by molar-refractivity contribution is 5.93. The van der Waals surface area contributed by atoms with Crippen molar-refractivity contribution in [3.8, 4) is 0 Å². The van der Waals surface area contributed by atoms with Gasteiger partial charge in [0.05, 0.1) is 17.3 Å². The lowest BCUT2D eigenvalue weighted by molar-refractivity contribution is 0.0694. The monoisotopic (exact) mass is 356 g/mol. The zero-order valence-electron chi connectivity index (χ0n) is 15.0. The van der Waals surface area contributed by atoms with Crippen LogP contribution in [0.25, 0.3) is 0 Å². The van der Waals surface area contributed by atoms with Crippen LogP contribution in [0.3, 0.4) is 0 Å². The predicted octanol–water partition coefficient (Wildman–Crippen LogP) is 1.95. The second kappa shape index (κ2) is 8.14. The number of carboxylic acid groups (broad SMARTS) is 1. The highest BCUT2D eigenvalue weighted by Gasteiger charge is 2.22. The standard InChI is InChI=1S/C19H24N4O3/c1-2-23-14-16(12-20-23)18(24)22-9-5-8-21(10-11-22)13-15-6-3-4-7-17(15)19(25)26/h3-4,6-7,12,14H,2,5,8-11,13H2,1H3,(H,25,26). The Labute approximate surface area is 152 Å². The van der Waals surface area contributed by atoms with Crippen molar-refractivity contribution in [1.29, 1.82) is 0 Å². The number of rotatable bonds is 5. The molecule has 2 heterocycles. The molecule has 1 aromatic heterocycles. The molecule has 0 aliphatic carbocycles. The van der Waals surface area contributed by atoms with Crippen LogP contribution in [0.1, 0.15) is 39.6 Å². The van der Waals surface area contributed by atoms with Crippen molar-refractivity contribution < 1.29 is 14.7 Å². The summed E-state index contributed by atoms with van der Waals surface area (Å²) in [6, 6.07) is 7.10. The molecular formula is C19H24N4O3. The highest BCUT2D eigenvalue weighted by Crippen LogP contribution is 2.15. The van der Waals surface area contributed by atoms with Gasteiger partial charge in [0.15, 0.2) is 0 Å². The number of carbonyl (C=O) groups excluding carboxylic acids is 1. The fourth-order valence-electron chi connectivity index (χ4n) is 3.27. The van der Waals surface area contributed by atoms with Gasteiger partial charge in [0.1, 0.15) is 0 Å². The van der Waals surface area contributed by atoms with E-state index in [4.69, 9.17) is 0 Å². The van der Waals surface area contributed by atoms with Gasteiger partial charge >= 0.3 is 5.97 Å². The minimum Gasteiger partial charge on any atom is -0.478 e. The zero-order chi connectivity index (χ0) is 18.5. The smallest absolute Gasteiger partial charge is 0.336 e. The molecule has 7 nitrogen and oxygen atoms in total. The Kier molecular flexibility index (Phi) is 5.68. The molecule has 7 heteroatoms. The van der Waals surface area contributed by atoms with Gasteiger partial charge in [-0.3, -0.25) is 14.4 Å². The number of aromatic nitrogens is 2. The molecule has 2 aromatic rings. The van der Waals surface area contributed by atoms with Crippen molar-refractivity contribution in [3.05, 3.63) is 53.3 Å². The number of carboxylic acids is 1. The molecule has 3 rings (SSSR count). The molecule has 0 saturated carbocycles. The van der Waals surface area contributed by atoms with E-state index in [9.17, 15) is 14.7 Å². The molecule has 0 radical (unpaired) electrons. The van der Waals surface area contributed by atoms with Gasteiger partial charge in [0.2, 0.25) is 0 Å². The maximum absolute atomic E-state index is 12.7. The first kappa shape index (κ1) is 18.1. The van der Waals surface area contributed by atoms with Crippen molar-refractivity contribution in [2.45, 2.75) is 26.4 Å². The average molecular weight is 356 g/mol. The van der Waals surface area contributed by atoms with Gasteiger partial charge in [0.25, 0.3) is 5.91 Å².